The van der Waals surface area contributed by atoms with Crippen LogP contribution >= 0.6 is 0 Å². The highest BCUT2D eigenvalue weighted by molar-refractivity contribution is 5.91. The Morgan fingerprint density at radius 2 is 0.647 bits per heavy atom. The predicted molar refractivity (Wildman–Crippen MR) is 217 cm³/mol. The van der Waals surface area contributed by atoms with Gasteiger partial charge in [-0.3, -0.25) is 0 Å². The van der Waals surface area contributed by atoms with Crippen LogP contribution in [0.15, 0.2) is 158 Å². The fourth-order valence-corrected chi connectivity index (χ4v) is 8.89. The molecule has 8 aromatic rings. The normalized spacial score (nSPS) is 14.6. The predicted octanol–water partition coefficient (Wildman–Crippen LogP) is 13.7. The monoisotopic (exact) mass is 653 g/mol. The maximum atomic E-state index is 3.80. The summed E-state index contributed by atoms with van der Waals surface area (Å²) in [6.45, 7) is 9.47. The third kappa shape index (κ3) is 4.61. The van der Waals surface area contributed by atoms with Crippen LogP contribution < -0.4 is 5.32 Å². The Labute approximate surface area is 300 Å². The van der Waals surface area contributed by atoms with Crippen molar-refractivity contribution in [1.29, 1.82) is 0 Å². The summed E-state index contributed by atoms with van der Waals surface area (Å²) < 4.78 is 0. The topological polar surface area (TPSA) is 12.0 Å². The van der Waals surface area contributed by atoms with E-state index in [1.807, 2.05) is 0 Å². The largest absolute Gasteiger partial charge is 0.356 e. The minimum Gasteiger partial charge on any atom is -0.356 e. The van der Waals surface area contributed by atoms with Crippen molar-refractivity contribution in [3.8, 4) is 44.5 Å². The van der Waals surface area contributed by atoms with Crippen LogP contribution in [0.25, 0.3) is 66.1 Å². The molecular weight excluding hydrogens is 615 g/mol. The lowest BCUT2D eigenvalue weighted by Gasteiger charge is -2.24. The smallest absolute Gasteiger partial charge is 0.0387 e. The first-order valence-corrected chi connectivity index (χ1v) is 18.1. The zero-order valence-corrected chi connectivity index (χ0v) is 29.5. The maximum Gasteiger partial charge on any atom is 0.0387 e. The van der Waals surface area contributed by atoms with Crippen LogP contribution in [0.3, 0.4) is 0 Å². The molecule has 51 heavy (non-hydrogen) atoms. The molecule has 0 fully saturated rings. The lowest BCUT2D eigenvalue weighted by molar-refractivity contribution is 0.660. The van der Waals surface area contributed by atoms with Crippen molar-refractivity contribution in [3.05, 3.63) is 180 Å². The second-order valence-electron chi connectivity index (χ2n) is 15.5. The molecule has 244 valence electrons. The highest BCUT2D eigenvalue weighted by atomic mass is 14.9. The minimum absolute atomic E-state index is 0.112. The van der Waals surface area contributed by atoms with Crippen molar-refractivity contribution in [1.82, 2.24) is 0 Å². The Bertz CT molecular complexity index is 2540. The molecule has 1 heteroatoms. The van der Waals surface area contributed by atoms with E-state index >= 15 is 0 Å². The number of rotatable bonds is 4. The summed E-state index contributed by atoms with van der Waals surface area (Å²) in [4.78, 5) is 0. The van der Waals surface area contributed by atoms with E-state index in [-0.39, 0.29) is 10.8 Å². The summed E-state index contributed by atoms with van der Waals surface area (Å²) in [5.41, 5.74) is 17.9. The van der Waals surface area contributed by atoms with E-state index in [0.29, 0.717) is 0 Å². The van der Waals surface area contributed by atoms with Gasteiger partial charge in [0, 0.05) is 22.2 Å². The Kier molecular flexibility index (Phi) is 6.34. The fourth-order valence-electron chi connectivity index (χ4n) is 8.89. The standard InChI is InChI=1S/C50H39N/c1-49(2)45-27-37(35-15-13-31-9-5-7-11-33(31)25-35)17-21-41(45)43-23-19-39(29-47(43)49)51-40-20-24-44-42-22-18-38(28-46(42)50(3,4)48(44)30-40)36-16-14-32-10-6-8-12-34(32)26-36/h5-30,51H,1-4H3. The van der Waals surface area contributed by atoms with E-state index in [1.54, 1.807) is 0 Å². The lowest BCUT2D eigenvalue weighted by atomic mass is 9.81. The lowest BCUT2D eigenvalue weighted by Crippen LogP contribution is -2.15. The van der Waals surface area contributed by atoms with E-state index in [2.05, 4.69) is 191 Å². The Morgan fingerprint density at radius 1 is 0.314 bits per heavy atom. The molecule has 0 saturated carbocycles. The van der Waals surface area contributed by atoms with Crippen molar-refractivity contribution in [2.75, 3.05) is 5.32 Å². The van der Waals surface area contributed by atoms with Crippen molar-refractivity contribution in [2.24, 2.45) is 0 Å². The van der Waals surface area contributed by atoms with Crippen LogP contribution in [0, 0.1) is 0 Å². The van der Waals surface area contributed by atoms with Gasteiger partial charge < -0.3 is 5.32 Å². The SMILES string of the molecule is CC1(C)c2cc(Nc3ccc4c(c3)C(C)(C)c3cc(-c5ccc6ccccc6c5)ccc3-4)ccc2-c2ccc(-c3ccc4ccccc4c3)cc21. The Morgan fingerprint density at radius 3 is 1.08 bits per heavy atom. The molecule has 1 nitrogen and oxygen atoms in total. The first kappa shape index (κ1) is 29.9. The van der Waals surface area contributed by atoms with Gasteiger partial charge in [0.25, 0.3) is 0 Å². The third-order valence-corrected chi connectivity index (χ3v) is 11.8. The molecule has 0 unspecified atom stereocenters. The minimum atomic E-state index is -0.112. The van der Waals surface area contributed by atoms with Crippen LogP contribution in [-0.4, -0.2) is 0 Å². The highest BCUT2D eigenvalue weighted by Gasteiger charge is 2.37. The Hall–Kier alpha value is -5.92. The van der Waals surface area contributed by atoms with Gasteiger partial charge in [0.15, 0.2) is 0 Å². The van der Waals surface area contributed by atoms with Crippen LogP contribution in [-0.2, 0) is 10.8 Å². The quantitative estimate of drug-likeness (QED) is 0.199. The maximum absolute atomic E-state index is 3.80. The van der Waals surface area contributed by atoms with Gasteiger partial charge in [0.1, 0.15) is 0 Å². The van der Waals surface area contributed by atoms with Gasteiger partial charge in [-0.2, -0.15) is 0 Å². The molecule has 0 saturated heterocycles. The molecule has 2 aliphatic carbocycles. The van der Waals surface area contributed by atoms with Crippen molar-refractivity contribution in [2.45, 2.75) is 38.5 Å². The Balaban J connectivity index is 0.947. The van der Waals surface area contributed by atoms with E-state index in [0.717, 1.165) is 11.4 Å². The van der Waals surface area contributed by atoms with Crippen molar-refractivity contribution < 1.29 is 0 Å². The molecule has 2 aliphatic rings. The number of hydrogen-bond acceptors (Lipinski definition) is 1. The third-order valence-electron chi connectivity index (χ3n) is 11.8. The molecule has 0 spiro atoms. The molecule has 0 heterocycles. The van der Waals surface area contributed by atoms with Gasteiger partial charge in [-0.15, -0.1) is 0 Å². The summed E-state index contributed by atoms with van der Waals surface area (Å²) in [5, 5.41) is 8.90. The van der Waals surface area contributed by atoms with E-state index in [9.17, 15) is 0 Å². The van der Waals surface area contributed by atoms with Gasteiger partial charge in [-0.05, 0) is 137 Å². The van der Waals surface area contributed by atoms with Crippen LogP contribution in [0.2, 0.25) is 0 Å². The summed E-state index contributed by atoms with van der Waals surface area (Å²) in [6.07, 6.45) is 0. The summed E-state index contributed by atoms with van der Waals surface area (Å²) in [7, 11) is 0. The molecular formula is C50H39N. The van der Waals surface area contributed by atoms with E-state index < -0.39 is 0 Å². The van der Waals surface area contributed by atoms with Crippen LogP contribution in [0.5, 0.6) is 0 Å². The average Bonchev–Trinajstić information content (AvgIpc) is 3.52. The number of hydrogen-bond donors (Lipinski definition) is 1. The van der Waals surface area contributed by atoms with Crippen molar-refractivity contribution >= 4 is 32.9 Å². The molecule has 1 N–H and O–H groups in total. The van der Waals surface area contributed by atoms with Gasteiger partial charge >= 0.3 is 0 Å². The van der Waals surface area contributed by atoms with Crippen LogP contribution in [0.1, 0.15) is 49.9 Å². The van der Waals surface area contributed by atoms with E-state index in [4.69, 9.17) is 0 Å². The van der Waals surface area contributed by atoms with Crippen LogP contribution in [0.4, 0.5) is 11.4 Å². The fraction of sp³-hybridized carbons (Fsp3) is 0.120. The van der Waals surface area contributed by atoms with E-state index in [1.165, 1.54) is 88.3 Å². The molecule has 0 aliphatic heterocycles. The van der Waals surface area contributed by atoms with Gasteiger partial charge in [0.05, 0.1) is 0 Å². The van der Waals surface area contributed by atoms with Crippen molar-refractivity contribution in [3.63, 3.8) is 0 Å². The zero-order chi connectivity index (χ0) is 34.5. The summed E-state index contributed by atoms with van der Waals surface area (Å²) in [5.74, 6) is 0. The number of benzene rings is 8. The van der Waals surface area contributed by atoms with Gasteiger partial charge in [0.2, 0.25) is 0 Å². The molecule has 0 amide bonds. The summed E-state index contributed by atoms with van der Waals surface area (Å²) >= 11 is 0. The first-order valence-electron chi connectivity index (χ1n) is 18.1. The average molecular weight is 654 g/mol. The molecule has 0 aromatic heterocycles. The number of anilines is 2. The summed E-state index contributed by atoms with van der Waals surface area (Å²) in [6, 6.07) is 58.7. The molecule has 0 radical (unpaired) electrons. The highest BCUT2D eigenvalue weighted by Crippen LogP contribution is 2.52. The molecule has 8 aromatic carbocycles. The second kappa shape index (κ2) is 10.8. The van der Waals surface area contributed by atoms with Gasteiger partial charge in [-0.1, -0.05) is 137 Å². The second-order valence-corrected chi connectivity index (χ2v) is 15.5. The molecule has 0 atom stereocenters. The first-order chi connectivity index (χ1) is 24.7. The molecule has 10 rings (SSSR count). The number of nitrogens with one attached hydrogen (secondary N) is 1. The number of fused-ring (bicyclic) bond motifs is 8. The zero-order valence-electron chi connectivity index (χ0n) is 29.5. The van der Waals surface area contributed by atoms with Gasteiger partial charge in [-0.25, -0.2) is 0 Å². The molecule has 0 bridgehead atoms.